The molecule has 2 aromatic carbocycles. The molecular weight excluding hydrogens is 281 g/mol. The van der Waals surface area contributed by atoms with E-state index in [1.54, 1.807) is 0 Å². The molecule has 0 spiro atoms. The molecule has 2 rings (SSSR count). The van der Waals surface area contributed by atoms with Crippen molar-refractivity contribution < 1.29 is 5.11 Å². The number of hydrogen-bond acceptors (Lipinski definition) is 2. The maximum atomic E-state index is 8.86. The zero-order chi connectivity index (χ0) is 13.0. The van der Waals surface area contributed by atoms with E-state index in [1.807, 2.05) is 48.5 Å². The van der Waals surface area contributed by atoms with Gasteiger partial charge in [-0.25, -0.2) is 0 Å². The van der Waals surface area contributed by atoms with Crippen LogP contribution in [0.3, 0.4) is 0 Å². The average molecular weight is 298 g/mol. The van der Waals surface area contributed by atoms with Crippen LogP contribution in [0.1, 0.15) is 18.0 Å². The van der Waals surface area contributed by atoms with Crippen molar-refractivity contribution in [1.82, 2.24) is 0 Å². The predicted octanol–water partition coefficient (Wildman–Crippen LogP) is 3.81. The topological polar surface area (TPSA) is 46.2 Å². The first kappa shape index (κ1) is 16.0. The number of halogens is 2. The molecule has 0 heterocycles. The lowest BCUT2D eigenvalue weighted by Crippen LogP contribution is -2.11. The van der Waals surface area contributed by atoms with Crippen molar-refractivity contribution in [2.24, 2.45) is 5.73 Å². The number of aliphatic hydroxyl groups is 1. The summed E-state index contributed by atoms with van der Waals surface area (Å²) in [6, 6.07) is 15.7. The van der Waals surface area contributed by atoms with E-state index in [2.05, 4.69) is 0 Å². The quantitative estimate of drug-likeness (QED) is 0.901. The fourth-order valence-corrected chi connectivity index (χ4v) is 2.00. The molecule has 0 fully saturated rings. The van der Waals surface area contributed by atoms with Gasteiger partial charge in [0.25, 0.3) is 0 Å². The largest absolute Gasteiger partial charge is 0.396 e. The molecule has 1 atom stereocenters. The molecule has 0 aliphatic heterocycles. The van der Waals surface area contributed by atoms with Crippen molar-refractivity contribution in [3.05, 3.63) is 59.1 Å². The van der Waals surface area contributed by atoms with Crippen LogP contribution in [0.25, 0.3) is 11.1 Å². The third-order valence-electron chi connectivity index (χ3n) is 2.96. The van der Waals surface area contributed by atoms with Gasteiger partial charge >= 0.3 is 0 Å². The van der Waals surface area contributed by atoms with Crippen LogP contribution in [0.4, 0.5) is 0 Å². The van der Waals surface area contributed by atoms with Gasteiger partial charge in [-0.2, -0.15) is 0 Å². The number of rotatable bonds is 4. The minimum atomic E-state index is -0.103. The lowest BCUT2D eigenvalue weighted by molar-refractivity contribution is 0.276. The van der Waals surface area contributed by atoms with Gasteiger partial charge in [0, 0.05) is 17.7 Å². The van der Waals surface area contributed by atoms with Crippen molar-refractivity contribution in [3.63, 3.8) is 0 Å². The Labute approximate surface area is 124 Å². The van der Waals surface area contributed by atoms with Crippen molar-refractivity contribution in [1.29, 1.82) is 0 Å². The van der Waals surface area contributed by atoms with E-state index in [9.17, 15) is 0 Å². The molecule has 4 heteroatoms. The zero-order valence-corrected chi connectivity index (χ0v) is 12.0. The molecule has 2 aromatic rings. The van der Waals surface area contributed by atoms with Crippen LogP contribution in [-0.4, -0.2) is 11.7 Å². The van der Waals surface area contributed by atoms with Crippen molar-refractivity contribution in [2.75, 3.05) is 6.61 Å². The van der Waals surface area contributed by atoms with E-state index in [4.69, 9.17) is 22.4 Å². The van der Waals surface area contributed by atoms with Crippen LogP contribution >= 0.6 is 24.0 Å². The molecular formula is C15H17Cl2NO. The highest BCUT2D eigenvalue weighted by Crippen LogP contribution is 2.23. The third-order valence-corrected chi connectivity index (χ3v) is 3.21. The van der Waals surface area contributed by atoms with Crippen LogP contribution in [0.2, 0.25) is 5.02 Å². The maximum Gasteiger partial charge on any atom is 0.0449 e. The third kappa shape index (κ3) is 4.22. The van der Waals surface area contributed by atoms with E-state index in [0.29, 0.717) is 6.42 Å². The van der Waals surface area contributed by atoms with Gasteiger partial charge in [0.2, 0.25) is 0 Å². The SMILES string of the molecule is Cl.NC(CCO)c1ccc(-c2ccc(Cl)cc2)cc1. The first-order valence-electron chi connectivity index (χ1n) is 5.93. The predicted molar refractivity (Wildman–Crippen MR) is 82.8 cm³/mol. The zero-order valence-electron chi connectivity index (χ0n) is 10.4. The van der Waals surface area contributed by atoms with Gasteiger partial charge in [-0.3, -0.25) is 0 Å². The summed E-state index contributed by atoms with van der Waals surface area (Å²) in [5, 5.41) is 9.60. The molecule has 1 unspecified atom stereocenters. The normalized spacial score (nSPS) is 11.7. The van der Waals surface area contributed by atoms with Gasteiger partial charge in [0.15, 0.2) is 0 Å². The number of benzene rings is 2. The van der Waals surface area contributed by atoms with Gasteiger partial charge in [-0.1, -0.05) is 48.0 Å². The Kier molecular flexibility index (Phi) is 6.32. The Morgan fingerprint density at radius 1 is 0.947 bits per heavy atom. The molecule has 0 saturated heterocycles. The van der Waals surface area contributed by atoms with E-state index in [0.717, 1.165) is 21.7 Å². The highest BCUT2D eigenvalue weighted by Gasteiger charge is 2.05. The Balaban J connectivity index is 0.00000180. The summed E-state index contributed by atoms with van der Waals surface area (Å²) in [4.78, 5) is 0. The van der Waals surface area contributed by atoms with Crippen LogP contribution in [0, 0.1) is 0 Å². The van der Waals surface area contributed by atoms with Gasteiger partial charge in [0.1, 0.15) is 0 Å². The van der Waals surface area contributed by atoms with Crippen molar-refractivity contribution in [2.45, 2.75) is 12.5 Å². The summed E-state index contributed by atoms with van der Waals surface area (Å²) < 4.78 is 0. The molecule has 0 aromatic heterocycles. The van der Waals surface area contributed by atoms with Gasteiger partial charge in [0.05, 0.1) is 0 Å². The molecule has 0 amide bonds. The summed E-state index contributed by atoms with van der Waals surface area (Å²) in [5.41, 5.74) is 9.24. The van der Waals surface area contributed by atoms with Crippen LogP contribution in [-0.2, 0) is 0 Å². The highest BCUT2D eigenvalue weighted by atomic mass is 35.5. The van der Waals surface area contributed by atoms with Crippen molar-refractivity contribution in [3.8, 4) is 11.1 Å². The number of hydrogen-bond donors (Lipinski definition) is 2. The van der Waals surface area contributed by atoms with Gasteiger partial charge in [-0.05, 0) is 35.2 Å². The standard InChI is InChI=1S/C15H16ClNO.ClH/c16-14-7-5-12(6-8-14)11-1-3-13(4-2-11)15(17)9-10-18;/h1-8,15,18H,9-10,17H2;1H. The summed E-state index contributed by atoms with van der Waals surface area (Å²) in [6.07, 6.45) is 0.584. The molecule has 0 aliphatic rings. The smallest absolute Gasteiger partial charge is 0.0449 e. The Morgan fingerprint density at radius 3 is 1.89 bits per heavy atom. The number of aliphatic hydroxyl groups excluding tert-OH is 1. The summed E-state index contributed by atoms with van der Waals surface area (Å²) >= 11 is 5.86. The monoisotopic (exact) mass is 297 g/mol. The molecule has 0 aliphatic carbocycles. The molecule has 0 radical (unpaired) electrons. The Bertz CT molecular complexity index is 497. The van der Waals surface area contributed by atoms with E-state index >= 15 is 0 Å². The van der Waals surface area contributed by atoms with Crippen LogP contribution < -0.4 is 5.73 Å². The van der Waals surface area contributed by atoms with Crippen molar-refractivity contribution >= 4 is 24.0 Å². The minimum absolute atomic E-state index is 0. The van der Waals surface area contributed by atoms with Gasteiger partial charge in [-0.15, -0.1) is 12.4 Å². The molecule has 19 heavy (non-hydrogen) atoms. The first-order chi connectivity index (χ1) is 8.70. The average Bonchev–Trinajstić information content (AvgIpc) is 2.40. The van der Waals surface area contributed by atoms with E-state index in [-0.39, 0.29) is 25.1 Å². The highest BCUT2D eigenvalue weighted by molar-refractivity contribution is 6.30. The summed E-state index contributed by atoms with van der Waals surface area (Å²) in [7, 11) is 0. The summed E-state index contributed by atoms with van der Waals surface area (Å²) in [5.74, 6) is 0. The molecule has 102 valence electrons. The lowest BCUT2D eigenvalue weighted by Gasteiger charge is -2.11. The Hall–Kier alpha value is -1.06. The second-order valence-corrected chi connectivity index (χ2v) is 4.68. The molecule has 0 saturated carbocycles. The first-order valence-corrected chi connectivity index (χ1v) is 6.31. The molecule has 0 bridgehead atoms. The minimum Gasteiger partial charge on any atom is -0.396 e. The second kappa shape index (κ2) is 7.51. The van der Waals surface area contributed by atoms with E-state index in [1.165, 1.54) is 0 Å². The fourth-order valence-electron chi connectivity index (χ4n) is 1.87. The Morgan fingerprint density at radius 2 is 1.42 bits per heavy atom. The van der Waals surface area contributed by atoms with Crippen LogP contribution in [0.5, 0.6) is 0 Å². The van der Waals surface area contributed by atoms with E-state index < -0.39 is 0 Å². The number of nitrogens with two attached hydrogens (primary N) is 1. The second-order valence-electron chi connectivity index (χ2n) is 4.25. The lowest BCUT2D eigenvalue weighted by atomic mass is 10.00. The fraction of sp³-hybridized carbons (Fsp3) is 0.200. The maximum absolute atomic E-state index is 8.86. The van der Waals surface area contributed by atoms with Crippen LogP contribution in [0.15, 0.2) is 48.5 Å². The van der Waals surface area contributed by atoms with Gasteiger partial charge < -0.3 is 10.8 Å². The molecule has 3 N–H and O–H groups in total. The molecule has 2 nitrogen and oxygen atoms in total. The summed E-state index contributed by atoms with van der Waals surface area (Å²) in [6.45, 7) is 0.111.